The molecule has 15 heavy (non-hydrogen) atoms. The van der Waals surface area contributed by atoms with Gasteiger partial charge in [0.15, 0.2) is 0 Å². The Hall–Kier alpha value is -1.81. The van der Waals surface area contributed by atoms with Gasteiger partial charge in [-0.15, -0.1) is 0 Å². The zero-order valence-corrected chi connectivity index (χ0v) is 8.33. The third kappa shape index (κ3) is 1.99. The molecule has 1 atom stereocenters. The lowest BCUT2D eigenvalue weighted by molar-refractivity contribution is 0.209. The molecule has 0 fully saturated rings. The fourth-order valence-electron chi connectivity index (χ4n) is 1.38. The number of hydrogen-bond donors (Lipinski definition) is 1. The van der Waals surface area contributed by atoms with Gasteiger partial charge in [0.2, 0.25) is 0 Å². The Balaban J connectivity index is 2.37. The van der Waals surface area contributed by atoms with Gasteiger partial charge in [0.05, 0.1) is 17.6 Å². The quantitative estimate of drug-likeness (QED) is 0.794. The summed E-state index contributed by atoms with van der Waals surface area (Å²) in [6, 6.07) is 3.74. The van der Waals surface area contributed by atoms with Gasteiger partial charge in [0.1, 0.15) is 6.10 Å². The fourth-order valence-corrected chi connectivity index (χ4v) is 1.38. The largest absolute Gasteiger partial charge is 0.380 e. The monoisotopic (exact) mass is 201 g/mol. The van der Waals surface area contributed by atoms with E-state index in [-0.39, 0.29) is 0 Å². The van der Waals surface area contributed by atoms with Crippen molar-refractivity contribution in [2.24, 2.45) is 0 Å². The van der Waals surface area contributed by atoms with Gasteiger partial charge in [-0.05, 0) is 18.6 Å². The maximum absolute atomic E-state index is 10.0. The number of nitrogens with zero attached hydrogens (tertiary/aromatic N) is 3. The molecular formula is C11H11N3O. The van der Waals surface area contributed by atoms with Crippen LogP contribution in [0.3, 0.4) is 0 Å². The van der Waals surface area contributed by atoms with Crippen molar-refractivity contribution in [3.05, 3.63) is 53.9 Å². The third-order valence-electron chi connectivity index (χ3n) is 2.17. The highest BCUT2D eigenvalue weighted by Crippen LogP contribution is 2.19. The standard InChI is InChI=1S/C11H11N3O/c1-8-3-2-4-14-10(8)11(15)9-7-12-5-6-13-9/h2-7,11,15H,1H3. The van der Waals surface area contributed by atoms with Gasteiger partial charge in [0.25, 0.3) is 0 Å². The topological polar surface area (TPSA) is 58.9 Å². The Bertz CT molecular complexity index is 445. The normalized spacial score (nSPS) is 12.4. The number of aromatic nitrogens is 3. The molecule has 0 saturated heterocycles. The van der Waals surface area contributed by atoms with E-state index in [0.29, 0.717) is 11.4 Å². The van der Waals surface area contributed by atoms with E-state index >= 15 is 0 Å². The lowest BCUT2D eigenvalue weighted by atomic mass is 10.1. The van der Waals surface area contributed by atoms with Crippen LogP contribution in [-0.4, -0.2) is 20.1 Å². The molecule has 1 unspecified atom stereocenters. The number of aliphatic hydroxyl groups excluding tert-OH is 1. The second-order valence-electron chi connectivity index (χ2n) is 3.24. The molecule has 0 saturated carbocycles. The second-order valence-corrected chi connectivity index (χ2v) is 3.24. The Kier molecular flexibility index (Phi) is 2.69. The molecule has 2 aromatic heterocycles. The predicted molar refractivity (Wildman–Crippen MR) is 55.1 cm³/mol. The molecule has 1 N–H and O–H groups in total. The van der Waals surface area contributed by atoms with Crippen LogP contribution in [0, 0.1) is 6.92 Å². The van der Waals surface area contributed by atoms with Crippen LogP contribution >= 0.6 is 0 Å². The highest BCUT2D eigenvalue weighted by Gasteiger charge is 2.14. The molecule has 0 aliphatic rings. The van der Waals surface area contributed by atoms with E-state index in [0.717, 1.165) is 5.56 Å². The first kappa shape index (κ1) is 9.73. The summed E-state index contributed by atoms with van der Waals surface area (Å²) in [6.45, 7) is 1.90. The van der Waals surface area contributed by atoms with Crippen LogP contribution in [0.1, 0.15) is 23.1 Å². The minimum absolute atomic E-state index is 0.513. The smallest absolute Gasteiger partial charge is 0.140 e. The van der Waals surface area contributed by atoms with E-state index < -0.39 is 6.10 Å². The van der Waals surface area contributed by atoms with E-state index in [9.17, 15) is 5.11 Å². The SMILES string of the molecule is Cc1cccnc1C(O)c1cnccn1. The first-order valence-electron chi connectivity index (χ1n) is 4.64. The average Bonchev–Trinajstić information content (AvgIpc) is 2.30. The van der Waals surface area contributed by atoms with Crippen molar-refractivity contribution in [3.8, 4) is 0 Å². The molecule has 76 valence electrons. The van der Waals surface area contributed by atoms with Crippen molar-refractivity contribution >= 4 is 0 Å². The Morgan fingerprint density at radius 2 is 2.07 bits per heavy atom. The van der Waals surface area contributed by atoms with Crippen molar-refractivity contribution in [2.75, 3.05) is 0 Å². The number of aliphatic hydroxyl groups is 1. The van der Waals surface area contributed by atoms with E-state index in [2.05, 4.69) is 15.0 Å². The Morgan fingerprint density at radius 3 is 2.73 bits per heavy atom. The highest BCUT2D eigenvalue weighted by atomic mass is 16.3. The van der Waals surface area contributed by atoms with Crippen LogP contribution in [0.5, 0.6) is 0 Å². The molecule has 4 heteroatoms. The van der Waals surface area contributed by atoms with Crippen molar-refractivity contribution in [3.63, 3.8) is 0 Å². The second kappa shape index (κ2) is 4.14. The summed E-state index contributed by atoms with van der Waals surface area (Å²) in [5.41, 5.74) is 2.08. The molecule has 2 aromatic rings. The zero-order valence-electron chi connectivity index (χ0n) is 8.33. The minimum atomic E-state index is -0.806. The summed E-state index contributed by atoms with van der Waals surface area (Å²) in [7, 11) is 0. The van der Waals surface area contributed by atoms with Crippen molar-refractivity contribution in [1.82, 2.24) is 15.0 Å². The maximum atomic E-state index is 10.0. The molecule has 0 bridgehead atoms. The molecule has 0 radical (unpaired) electrons. The van der Waals surface area contributed by atoms with Crippen LogP contribution in [-0.2, 0) is 0 Å². The van der Waals surface area contributed by atoms with Crippen LogP contribution < -0.4 is 0 Å². The Labute approximate surface area is 87.7 Å². The van der Waals surface area contributed by atoms with Crippen molar-refractivity contribution in [1.29, 1.82) is 0 Å². The van der Waals surface area contributed by atoms with Crippen LogP contribution in [0.15, 0.2) is 36.9 Å². The molecule has 2 heterocycles. The molecular weight excluding hydrogens is 190 g/mol. The summed E-state index contributed by atoms with van der Waals surface area (Å²) in [5, 5.41) is 10.0. The lowest BCUT2D eigenvalue weighted by Gasteiger charge is -2.10. The number of pyridine rings is 1. The molecule has 0 amide bonds. The van der Waals surface area contributed by atoms with Gasteiger partial charge in [0, 0.05) is 18.6 Å². The summed E-state index contributed by atoms with van der Waals surface area (Å²) < 4.78 is 0. The van der Waals surface area contributed by atoms with Crippen molar-refractivity contribution < 1.29 is 5.11 Å². The highest BCUT2D eigenvalue weighted by molar-refractivity contribution is 5.25. The maximum Gasteiger partial charge on any atom is 0.140 e. The van der Waals surface area contributed by atoms with Crippen LogP contribution in [0.2, 0.25) is 0 Å². The van der Waals surface area contributed by atoms with Gasteiger partial charge < -0.3 is 5.11 Å². The first-order chi connectivity index (χ1) is 7.29. The van der Waals surface area contributed by atoms with E-state index in [4.69, 9.17) is 0 Å². The summed E-state index contributed by atoms with van der Waals surface area (Å²) in [5.74, 6) is 0. The van der Waals surface area contributed by atoms with Gasteiger partial charge in [-0.3, -0.25) is 15.0 Å². The average molecular weight is 201 g/mol. The lowest BCUT2D eigenvalue weighted by Crippen LogP contribution is -2.06. The van der Waals surface area contributed by atoms with Gasteiger partial charge in [-0.1, -0.05) is 6.07 Å². The van der Waals surface area contributed by atoms with E-state index in [1.807, 2.05) is 19.1 Å². The summed E-state index contributed by atoms with van der Waals surface area (Å²) >= 11 is 0. The van der Waals surface area contributed by atoms with Crippen LogP contribution in [0.25, 0.3) is 0 Å². The fraction of sp³-hybridized carbons (Fsp3) is 0.182. The first-order valence-corrected chi connectivity index (χ1v) is 4.64. The third-order valence-corrected chi connectivity index (χ3v) is 2.17. The Morgan fingerprint density at radius 1 is 1.20 bits per heavy atom. The molecule has 0 aromatic carbocycles. The molecule has 0 aliphatic heterocycles. The van der Waals surface area contributed by atoms with Gasteiger partial charge in [-0.2, -0.15) is 0 Å². The number of rotatable bonds is 2. The summed E-state index contributed by atoms with van der Waals surface area (Å²) in [6.07, 6.45) is 5.51. The number of hydrogen-bond acceptors (Lipinski definition) is 4. The van der Waals surface area contributed by atoms with Gasteiger partial charge >= 0.3 is 0 Å². The molecule has 4 nitrogen and oxygen atoms in total. The van der Waals surface area contributed by atoms with Crippen LogP contribution in [0.4, 0.5) is 0 Å². The number of aryl methyl sites for hydroxylation is 1. The molecule has 0 aliphatic carbocycles. The van der Waals surface area contributed by atoms with E-state index in [1.165, 1.54) is 0 Å². The van der Waals surface area contributed by atoms with E-state index in [1.54, 1.807) is 24.8 Å². The zero-order chi connectivity index (χ0) is 10.7. The van der Waals surface area contributed by atoms with Crippen molar-refractivity contribution in [2.45, 2.75) is 13.0 Å². The van der Waals surface area contributed by atoms with Gasteiger partial charge in [-0.25, -0.2) is 0 Å². The predicted octanol–water partition coefficient (Wildman–Crippen LogP) is 1.26. The molecule has 0 spiro atoms. The summed E-state index contributed by atoms with van der Waals surface area (Å²) in [4.78, 5) is 12.1. The minimum Gasteiger partial charge on any atom is -0.380 e. The molecule has 2 rings (SSSR count).